The van der Waals surface area contributed by atoms with Crippen molar-refractivity contribution in [3.8, 4) is 0 Å². The molecule has 0 aromatic carbocycles. The molecule has 2 heterocycles. The predicted octanol–water partition coefficient (Wildman–Crippen LogP) is 2.81. The molecule has 0 spiro atoms. The van der Waals surface area contributed by atoms with Gasteiger partial charge in [-0.05, 0) is 38.8 Å². The minimum Gasteiger partial charge on any atom is -0.378 e. The number of piperidine rings is 1. The van der Waals surface area contributed by atoms with Crippen LogP contribution in [0.3, 0.4) is 0 Å². The third-order valence-corrected chi connectivity index (χ3v) is 4.70. The number of likely N-dealkylation sites (tertiary alicyclic amines) is 2. The second-order valence-electron chi connectivity index (χ2n) is 6.43. The third-order valence-electron chi connectivity index (χ3n) is 4.70. The first kappa shape index (κ1) is 19.6. The van der Waals surface area contributed by atoms with E-state index >= 15 is 0 Å². The zero-order valence-electron chi connectivity index (χ0n) is 15.1. The van der Waals surface area contributed by atoms with Gasteiger partial charge in [0.2, 0.25) is 0 Å². The Morgan fingerprint density at radius 2 is 1.82 bits per heavy atom. The van der Waals surface area contributed by atoms with Crippen LogP contribution < -0.4 is 0 Å². The molecule has 0 aromatic heterocycles. The van der Waals surface area contributed by atoms with Crippen molar-refractivity contribution < 1.29 is 9.53 Å². The van der Waals surface area contributed by atoms with Crippen LogP contribution in [0.25, 0.3) is 0 Å². The van der Waals surface area contributed by atoms with Crippen LogP contribution in [0.1, 0.15) is 52.9 Å². The number of carbonyl (C=O) groups is 1. The highest BCUT2D eigenvalue weighted by Crippen LogP contribution is 2.19. The maximum atomic E-state index is 11.4. The average Bonchev–Trinajstić information content (AvgIpc) is 3.02. The van der Waals surface area contributed by atoms with Crippen LogP contribution in [-0.4, -0.2) is 68.1 Å². The van der Waals surface area contributed by atoms with Gasteiger partial charge in [0.05, 0.1) is 12.7 Å². The summed E-state index contributed by atoms with van der Waals surface area (Å²) in [5, 5.41) is 0. The van der Waals surface area contributed by atoms with E-state index in [4.69, 9.17) is 4.74 Å². The molecule has 0 aliphatic carbocycles. The van der Waals surface area contributed by atoms with Gasteiger partial charge in [0, 0.05) is 39.0 Å². The van der Waals surface area contributed by atoms with E-state index in [-0.39, 0.29) is 0 Å². The van der Waals surface area contributed by atoms with Crippen molar-refractivity contribution in [2.24, 2.45) is 5.92 Å². The molecular weight excluding hydrogens is 276 g/mol. The van der Waals surface area contributed by atoms with Gasteiger partial charge in [-0.2, -0.15) is 0 Å². The van der Waals surface area contributed by atoms with Crippen LogP contribution in [0.2, 0.25) is 0 Å². The number of ketones is 1. The smallest absolute Gasteiger partial charge is 0.133 e. The first-order valence-electron chi connectivity index (χ1n) is 9.21. The molecule has 1 unspecified atom stereocenters. The second-order valence-corrected chi connectivity index (χ2v) is 6.43. The highest BCUT2D eigenvalue weighted by Gasteiger charge is 2.24. The zero-order chi connectivity index (χ0) is 16.4. The molecule has 2 fully saturated rings. The van der Waals surface area contributed by atoms with E-state index in [9.17, 15) is 4.79 Å². The minimum absolute atomic E-state index is 0.385. The predicted molar refractivity (Wildman–Crippen MR) is 92.3 cm³/mol. The Labute approximate surface area is 137 Å². The van der Waals surface area contributed by atoms with E-state index in [0.29, 0.717) is 24.2 Å². The standard InChI is InChI=1S/C16H30N2O2.C2H6/c1-3-15(19)5-11-18-10-4-14(12-18)13-20-16-6-8-17(2)9-7-16;1-2/h14,16H,3-13H2,1-2H3;1-2H3. The van der Waals surface area contributed by atoms with Crippen LogP contribution in [0, 0.1) is 5.92 Å². The molecule has 0 saturated carbocycles. The van der Waals surface area contributed by atoms with Crippen molar-refractivity contribution in [1.82, 2.24) is 9.80 Å². The summed E-state index contributed by atoms with van der Waals surface area (Å²) in [6.45, 7) is 12.4. The molecule has 0 bridgehead atoms. The van der Waals surface area contributed by atoms with Crippen LogP contribution >= 0.6 is 0 Å². The van der Waals surface area contributed by atoms with Crippen molar-refractivity contribution in [1.29, 1.82) is 0 Å². The molecule has 4 heteroatoms. The summed E-state index contributed by atoms with van der Waals surface area (Å²) in [5.41, 5.74) is 0. The lowest BCUT2D eigenvalue weighted by Gasteiger charge is -2.29. The maximum absolute atomic E-state index is 11.4. The van der Waals surface area contributed by atoms with E-state index in [2.05, 4.69) is 16.8 Å². The van der Waals surface area contributed by atoms with Crippen LogP contribution in [0.4, 0.5) is 0 Å². The first-order chi connectivity index (χ1) is 10.7. The lowest BCUT2D eigenvalue weighted by molar-refractivity contribution is -0.119. The summed E-state index contributed by atoms with van der Waals surface area (Å²) in [7, 11) is 2.18. The van der Waals surface area contributed by atoms with Gasteiger partial charge in [-0.25, -0.2) is 0 Å². The van der Waals surface area contributed by atoms with Crippen molar-refractivity contribution in [2.45, 2.75) is 59.0 Å². The van der Waals surface area contributed by atoms with Gasteiger partial charge in [0.1, 0.15) is 5.78 Å². The number of Topliss-reactive ketones (excluding diaryl/α,β-unsaturated/α-hetero) is 1. The molecule has 130 valence electrons. The topological polar surface area (TPSA) is 32.8 Å². The molecule has 2 aliphatic rings. The third kappa shape index (κ3) is 7.21. The lowest BCUT2D eigenvalue weighted by Crippen LogP contribution is -2.35. The number of nitrogens with zero attached hydrogens (tertiary/aromatic N) is 2. The Morgan fingerprint density at radius 3 is 2.45 bits per heavy atom. The zero-order valence-corrected chi connectivity index (χ0v) is 15.1. The summed E-state index contributed by atoms with van der Waals surface area (Å²) in [6, 6.07) is 0. The fourth-order valence-corrected chi connectivity index (χ4v) is 3.14. The molecule has 4 nitrogen and oxygen atoms in total. The van der Waals surface area contributed by atoms with Gasteiger partial charge >= 0.3 is 0 Å². The van der Waals surface area contributed by atoms with Gasteiger partial charge in [0.25, 0.3) is 0 Å². The second kappa shape index (κ2) is 11.1. The SMILES string of the molecule is CC.CCC(=O)CCN1CCC(COC2CCN(C)CC2)C1. The maximum Gasteiger partial charge on any atom is 0.133 e. The molecule has 1 atom stereocenters. The fraction of sp³-hybridized carbons (Fsp3) is 0.944. The lowest BCUT2D eigenvalue weighted by atomic mass is 10.1. The van der Waals surface area contributed by atoms with E-state index in [0.717, 1.165) is 32.7 Å². The summed E-state index contributed by atoms with van der Waals surface area (Å²) in [5.74, 6) is 1.06. The van der Waals surface area contributed by atoms with Gasteiger partial charge < -0.3 is 14.5 Å². The summed E-state index contributed by atoms with van der Waals surface area (Å²) in [4.78, 5) is 16.2. The van der Waals surface area contributed by atoms with E-state index in [1.54, 1.807) is 0 Å². The Kier molecular flexibility index (Phi) is 9.92. The summed E-state index contributed by atoms with van der Waals surface area (Å²) in [6.07, 6.45) is 5.46. The molecule has 0 radical (unpaired) electrons. The summed E-state index contributed by atoms with van der Waals surface area (Å²) >= 11 is 0. The highest BCUT2D eigenvalue weighted by atomic mass is 16.5. The number of rotatable bonds is 7. The van der Waals surface area contributed by atoms with Crippen LogP contribution in [0.5, 0.6) is 0 Å². The molecule has 0 N–H and O–H groups in total. The largest absolute Gasteiger partial charge is 0.378 e. The van der Waals surface area contributed by atoms with Gasteiger partial charge in [-0.3, -0.25) is 4.79 Å². The first-order valence-corrected chi connectivity index (χ1v) is 9.21. The average molecular weight is 312 g/mol. The number of hydrogen-bond acceptors (Lipinski definition) is 4. The molecule has 0 amide bonds. The number of carbonyl (C=O) groups excluding carboxylic acids is 1. The fourth-order valence-electron chi connectivity index (χ4n) is 3.14. The number of ether oxygens (including phenoxy) is 1. The molecule has 0 aromatic rings. The molecule has 2 saturated heterocycles. The molecule has 2 rings (SSSR count). The molecule has 2 aliphatic heterocycles. The summed E-state index contributed by atoms with van der Waals surface area (Å²) < 4.78 is 6.09. The van der Waals surface area contributed by atoms with E-state index < -0.39 is 0 Å². The highest BCUT2D eigenvalue weighted by molar-refractivity contribution is 5.78. The van der Waals surface area contributed by atoms with Crippen LogP contribution in [0.15, 0.2) is 0 Å². The monoisotopic (exact) mass is 312 g/mol. The van der Waals surface area contributed by atoms with E-state index in [1.807, 2.05) is 20.8 Å². The number of hydrogen-bond donors (Lipinski definition) is 0. The normalized spacial score (nSPS) is 24.1. The quantitative estimate of drug-likeness (QED) is 0.724. The van der Waals surface area contributed by atoms with Gasteiger partial charge in [0.15, 0.2) is 0 Å². The van der Waals surface area contributed by atoms with Gasteiger partial charge in [-0.15, -0.1) is 0 Å². The Morgan fingerprint density at radius 1 is 1.14 bits per heavy atom. The Bertz CT molecular complexity index is 301. The molecule has 22 heavy (non-hydrogen) atoms. The van der Waals surface area contributed by atoms with Gasteiger partial charge in [-0.1, -0.05) is 20.8 Å². The van der Waals surface area contributed by atoms with Crippen molar-refractivity contribution in [3.63, 3.8) is 0 Å². The minimum atomic E-state index is 0.385. The molecular formula is C18H36N2O2. The Balaban J connectivity index is 0.00000116. The Hall–Kier alpha value is -0.450. The van der Waals surface area contributed by atoms with Crippen molar-refractivity contribution in [2.75, 3.05) is 46.4 Å². The van der Waals surface area contributed by atoms with Crippen LogP contribution in [-0.2, 0) is 9.53 Å². The van der Waals surface area contributed by atoms with E-state index in [1.165, 1.54) is 32.4 Å². The van der Waals surface area contributed by atoms with Crippen molar-refractivity contribution in [3.05, 3.63) is 0 Å². The van der Waals surface area contributed by atoms with Crippen molar-refractivity contribution >= 4 is 5.78 Å².